The molecule has 0 aromatic heterocycles. The second-order valence-corrected chi connectivity index (χ2v) is 5.34. The van der Waals surface area contributed by atoms with E-state index in [4.69, 9.17) is 10.2 Å². The molecule has 2 aromatic rings. The summed E-state index contributed by atoms with van der Waals surface area (Å²) in [6.07, 6.45) is 0.0767. The maximum absolute atomic E-state index is 10.5. The molecule has 0 aliphatic carbocycles. The summed E-state index contributed by atoms with van der Waals surface area (Å²) in [5.74, 6) is -0.978. The van der Waals surface area contributed by atoms with Crippen molar-refractivity contribution in [1.82, 2.24) is 0 Å². The number of rotatable bonds is 7. The lowest BCUT2D eigenvalue weighted by molar-refractivity contribution is -0.139. The Balaban J connectivity index is 1.96. The van der Waals surface area contributed by atoms with Gasteiger partial charge in [0.25, 0.3) is 0 Å². The highest BCUT2D eigenvalue weighted by Gasteiger charge is 2.09. The molecule has 0 aliphatic rings. The summed E-state index contributed by atoms with van der Waals surface area (Å²) < 4.78 is 0. The number of carboxylic acid groups (broad SMARTS) is 1. The van der Waals surface area contributed by atoms with Crippen LogP contribution in [0.1, 0.15) is 24.0 Å². The van der Waals surface area contributed by atoms with Crippen LogP contribution in [-0.2, 0) is 17.8 Å². The lowest BCUT2D eigenvalue weighted by Gasteiger charge is -2.08. The molecule has 4 heteroatoms. The van der Waals surface area contributed by atoms with Crippen molar-refractivity contribution in [1.29, 1.82) is 0 Å². The van der Waals surface area contributed by atoms with Gasteiger partial charge in [-0.25, -0.2) is 0 Å². The summed E-state index contributed by atoms with van der Waals surface area (Å²) in [5, 5.41) is 27.2. The van der Waals surface area contributed by atoms with Gasteiger partial charge in [0.15, 0.2) is 0 Å². The molecule has 0 heterocycles. The van der Waals surface area contributed by atoms with E-state index in [1.165, 1.54) is 0 Å². The van der Waals surface area contributed by atoms with E-state index in [1.807, 2.05) is 48.5 Å². The molecule has 0 radical (unpaired) electrons. The molecule has 1 atom stereocenters. The first-order valence-corrected chi connectivity index (χ1v) is 7.27. The van der Waals surface area contributed by atoms with Gasteiger partial charge in [0, 0.05) is 0 Å². The highest BCUT2D eigenvalue weighted by molar-refractivity contribution is 5.67. The van der Waals surface area contributed by atoms with Gasteiger partial charge < -0.3 is 15.3 Å². The van der Waals surface area contributed by atoms with Crippen LogP contribution in [0.5, 0.6) is 0 Å². The summed E-state index contributed by atoms with van der Waals surface area (Å²) in [5.41, 5.74) is 4.11. The Kier molecular flexibility index (Phi) is 5.69. The topological polar surface area (TPSA) is 77.8 Å². The molecule has 0 spiro atoms. The molecule has 2 rings (SSSR count). The van der Waals surface area contributed by atoms with Gasteiger partial charge in [0.1, 0.15) is 0 Å². The number of carboxylic acids is 1. The number of aliphatic hydroxyl groups is 2. The number of aliphatic hydroxyl groups excluding tert-OH is 2. The van der Waals surface area contributed by atoms with Crippen molar-refractivity contribution in [2.75, 3.05) is 0 Å². The van der Waals surface area contributed by atoms with Crippen LogP contribution in [0.25, 0.3) is 11.1 Å². The molecule has 0 aliphatic heterocycles. The van der Waals surface area contributed by atoms with Crippen LogP contribution in [0, 0.1) is 0 Å². The van der Waals surface area contributed by atoms with Crippen molar-refractivity contribution in [3.05, 3.63) is 59.7 Å². The lowest BCUT2D eigenvalue weighted by atomic mass is 10.00. The summed E-state index contributed by atoms with van der Waals surface area (Å²) in [7, 11) is 0. The van der Waals surface area contributed by atoms with E-state index < -0.39 is 12.1 Å². The molecule has 4 nitrogen and oxygen atoms in total. The molecule has 116 valence electrons. The number of hydrogen-bond donors (Lipinski definition) is 3. The van der Waals surface area contributed by atoms with Crippen molar-refractivity contribution < 1.29 is 20.1 Å². The fourth-order valence-electron chi connectivity index (χ4n) is 2.30. The number of benzene rings is 2. The smallest absolute Gasteiger partial charge is 0.305 e. The Bertz CT molecular complexity index is 602. The zero-order valence-corrected chi connectivity index (χ0v) is 12.3. The molecule has 0 amide bonds. The molecule has 3 N–H and O–H groups in total. The first-order chi connectivity index (χ1) is 10.6. The maximum Gasteiger partial charge on any atom is 0.305 e. The highest BCUT2D eigenvalue weighted by Crippen LogP contribution is 2.21. The normalized spacial score (nSPS) is 12.1. The van der Waals surface area contributed by atoms with Gasteiger partial charge in [-0.3, -0.25) is 4.79 Å². The highest BCUT2D eigenvalue weighted by atomic mass is 16.4. The minimum Gasteiger partial charge on any atom is -0.481 e. The minimum absolute atomic E-state index is 0.0396. The number of aryl methyl sites for hydroxylation is 1. The van der Waals surface area contributed by atoms with Crippen LogP contribution in [-0.4, -0.2) is 27.4 Å². The monoisotopic (exact) mass is 300 g/mol. The van der Waals surface area contributed by atoms with Crippen LogP contribution < -0.4 is 0 Å². The molecular weight excluding hydrogens is 280 g/mol. The van der Waals surface area contributed by atoms with Gasteiger partial charge in [-0.2, -0.15) is 0 Å². The molecule has 22 heavy (non-hydrogen) atoms. The fraction of sp³-hybridized carbons (Fsp3) is 0.278. The maximum atomic E-state index is 10.5. The third-order valence-corrected chi connectivity index (χ3v) is 3.60. The van der Waals surface area contributed by atoms with Gasteiger partial charge >= 0.3 is 5.97 Å². The lowest BCUT2D eigenvalue weighted by Crippen LogP contribution is -2.13. The largest absolute Gasteiger partial charge is 0.481 e. The van der Waals surface area contributed by atoms with Gasteiger partial charge in [-0.1, -0.05) is 48.5 Å². The summed E-state index contributed by atoms with van der Waals surface area (Å²) in [4.78, 5) is 10.5. The standard InChI is InChI=1S/C18H20O4/c19-12-14-3-8-16(9-4-14)15-6-1-13(2-7-15)5-10-17(20)11-18(21)22/h1-4,6-9,17,19-20H,5,10-12H2,(H,21,22). The van der Waals surface area contributed by atoms with Crippen molar-refractivity contribution in [3.63, 3.8) is 0 Å². The molecular formula is C18H20O4. The molecule has 0 saturated carbocycles. The molecule has 0 bridgehead atoms. The van der Waals surface area contributed by atoms with Crippen molar-refractivity contribution in [2.45, 2.75) is 32.0 Å². The average Bonchev–Trinajstić information content (AvgIpc) is 2.53. The van der Waals surface area contributed by atoms with Gasteiger partial charge in [0.05, 0.1) is 19.1 Å². The Morgan fingerprint density at radius 1 is 0.909 bits per heavy atom. The Morgan fingerprint density at radius 3 is 1.86 bits per heavy atom. The van der Waals surface area contributed by atoms with E-state index in [0.29, 0.717) is 12.8 Å². The van der Waals surface area contributed by atoms with Crippen molar-refractivity contribution in [3.8, 4) is 11.1 Å². The Labute approximate surface area is 129 Å². The first kappa shape index (κ1) is 16.2. The van der Waals surface area contributed by atoms with Crippen LogP contribution in [0.2, 0.25) is 0 Å². The SMILES string of the molecule is O=C(O)CC(O)CCc1ccc(-c2ccc(CO)cc2)cc1. The van der Waals surface area contributed by atoms with Gasteiger partial charge in [0.2, 0.25) is 0 Å². The van der Waals surface area contributed by atoms with Gasteiger partial charge in [-0.05, 0) is 35.1 Å². The predicted molar refractivity (Wildman–Crippen MR) is 84.4 cm³/mol. The zero-order chi connectivity index (χ0) is 15.9. The average molecular weight is 300 g/mol. The predicted octanol–water partition coefficient (Wildman–Crippen LogP) is 2.61. The number of aliphatic carboxylic acids is 1. The van der Waals surface area contributed by atoms with Crippen LogP contribution in [0.4, 0.5) is 0 Å². The van der Waals surface area contributed by atoms with Crippen LogP contribution >= 0.6 is 0 Å². The quantitative estimate of drug-likeness (QED) is 0.734. The van der Waals surface area contributed by atoms with Crippen LogP contribution in [0.3, 0.4) is 0 Å². The molecule has 1 unspecified atom stereocenters. The second-order valence-electron chi connectivity index (χ2n) is 5.34. The summed E-state index contributed by atoms with van der Waals surface area (Å²) in [6.45, 7) is 0.0396. The van der Waals surface area contributed by atoms with Crippen LogP contribution in [0.15, 0.2) is 48.5 Å². The van der Waals surface area contributed by atoms with Crippen molar-refractivity contribution >= 4 is 5.97 Å². The number of hydrogen-bond acceptors (Lipinski definition) is 3. The summed E-state index contributed by atoms with van der Waals surface area (Å²) >= 11 is 0. The summed E-state index contributed by atoms with van der Waals surface area (Å²) in [6, 6.07) is 15.7. The fourth-order valence-corrected chi connectivity index (χ4v) is 2.30. The molecule has 0 fully saturated rings. The van der Waals surface area contributed by atoms with E-state index in [-0.39, 0.29) is 13.0 Å². The molecule has 2 aromatic carbocycles. The van der Waals surface area contributed by atoms with E-state index >= 15 is 0 Å². The van der Waals surface area contributed by atoms with Crippen molar-refractivity contribution in [2.24, 2.45) is 0 Å². The van der Waals surface area contributed by atoms with E-state index in [9.17, 15) is 9.90 Å². The van der Waals surface area contributed by atoms with E-state index in [2.05, 4.69) is 0 Å². The third kappa shape index (κ3) is 4.69. The minimum atomic E-state index is -0.978. The Morgan fingerprint density at radius 2 is 1.41 bits per heavy atom. The Hall–Kier alpha value is -2.17. The number of carbonyl (C=O) groups is 1. The van der Waals surface area contributed by atoms with E-state index in [1.54, 1.807) is 0 Å². The first-order valence-electron chi connectivity index (χ1n) is 7.27. The van der Waals surface area contributed by atoms with E-state index in [0.717, 1.165) is 22.3 Å². The third-order valence-electron chi connectivity index (χ3n) is 3.60. The zero-order valence-electron chi connectivity index (χ0n) is 12.3. The van der Waals surface area contributed by atoms with Gasteiger partial charge in [-0.15, -0.1) is 0 Å². The molecule has 0 saturated heterocycles. The second kappa shape index (κ2) is 7.73.